The lowest BCUT2D eigenvalue weighted by molar-refractivity contribution is -0.107. The van der Waals surface area contributed by atoms with Gasteiger partial charge in [0.15, 0.2) is 0 Å². The Labute approximate surface area is 101 Å². The van der Waals surface area contributed by atoms with E-state index in [1.165, 1.54) is 0 Å². The highest BCUT2D eigenvalue weighted by Crippen LogP contribution is 2.19. The molecule has 6 heteroatoms. The minimum atomic E-state index is -1.13. The first-order chi connectivity index (χ1) is 6.52. The fourth-order valence-corrected chi connectivity index (χ4v) is 0.583. The molecule has 0 saturated carbocycles. The molecule has 0 aliphatic carbocycles. The Morgan fingerprint density at radius 2 is 1.33 bits per heavy atom. The van der Waals surface area contributed by atoms with Gasteiger partial charge in [-0.2, -0.15) is 0 Å². The molecule has 0 aromatic carbocycles. The first-order valence-electron chi connectivity index (χ1n) is 4.89. The minimum absolute atomic E-state index is 0.464. The van der Waals surface area contributed by atoms with Crippen LogP contribution >= 0.6 is 15.9 Å². The highest BCUT2D eigenvalue weighted by Gasteiger charge is 2.31. The second kappa shape index (κ2) is 7.62. The van der Waals surface area contributed by atoms with Crippen LogP contribution in [0.2, 0.25) is 6.32 Å². The van der Waals surface area contributed by atoms with Crippen molar-refractivity contribution in [3.05, 3.63) is 0 Å². The van der Waals surface area contributed by atoms with E-state index in [-0.39, 0.29) is 0 Å². The van der Waals surface area contributed by atoms with Crippen LogP contribution in [-0.4, -0.2) is 43.9 Å². The Hall–Kier alpha value is 0.385. The molecule has 0 rings (SSSR count). The van der Waals surface area contributed by atoms with E-state index in [9.17, 15) is 0 Å². The molecule has 0 aliphatic heterocycles. The van der Waals surface area contributed by atoms with Crippen molar-refractivity contribution >= 4 is 23.0 Å². The van der Waals surface area contributed by atoms with Crippen LogP contribution in [0.25, 0.3) is 0 Å². The second-order valence-electron chi connectivity index (χ2n) is 4.43. The standard InChI is InChI=1S/C6H14O2.C3H8BBrO2/c1-5(2,7)6(3,4)8;5-3-1-2-4(6)7/h7-8H,1-4H3;6-7H,1-3H2. The van der Waals surface area contributed by atoms with Gasteiger partial charge >= 0.3 is 7.12 Å². The van der Waals surface area contributed by atoms with Crippen LogP contribution in [0, 0.1) is 0 Å². The first kappa shape index (κ1) is 17.8. The zero-order valence-corrected chi connectivity index (χ0v) is 11.5. The molecule has 4 nitrogen and oxygen atoms in total. The average Bonchev–Trinajstić information content (AvgIpc) is 1.98. The highest BCUT2D eigenvalue weighted by molar-refractivity contribution is 9.09. The number of alkyl halides is 1. The van der Waals surface area contributed by atoms with Crippen LogP contribution in [0.15, 0.2) is 0 Å². The van der Waals surface area contributed by atoms with Crippen LogP contribution < -0.4 is 0 Å². The van der Waals surface area contributed by atoms with Gasteiger partial charge in [-0.15, -0.1) is 0 Å². The predicted molar refractivity (Wildman–Crippen MR) is 66.0 cm³/mol. The van der Waals surface area contributed by atoms with Crippen LogP contribution in [0.5, 0.6) is 0 Å². The molecule has 0 unspecified atom stereocenters. The average molecular weight is 285 g/mol. The molecule has 0 saturated heterocycles. The van der Waals surface area contributed by atoms with E-state index in [2.05, 4.69) is 15.9 Å². The molecule has 0 aliphatic rings. The summed E-state index contributed by atoms with van der Waals surface area (Å²) in [4.78, 5) is 0. The second-order valence-corrected chi connectivity index (χ2v) is 5.22. The summed E-state index contributed by atoms with van der Waals surface area (Å²) in [6.07, 6.45) is 1.28. The van der Waals surface area contributed by atoms with E-state index in [1.807, 2.05) is 0 Å². The van der Waals surface area contributed by atoms with Gasteiger partial charge in [0.05, 0.1) is 11.2 Å². The summed E-state index contributed by atoms with van der Waals surface area (Å²) in [6, 6.07) is 0. The van der Waals surface area contributed by atoms with Crippen molar-refractivity contribution in [1.29, 1.82) is 0 Å². The van der Waals surface area contributed by atoms with Crippen molar-refractivity contribution in [2.75, 3.05) is 5.33 Å². The van der Waals surface area contributed by atoms with Crippen LogP contribution in [0.4, 0.5) is 0 Å². The molecule has 0 aromatic heterocycles. The SMILES string of the molecule is CC(C)(O)C(C)(C)O.OB(O)CCCBr. The molecule has 0 heterocycles. The molecule has 92 valence electrons. The summed E-state index contributed by atoms with van der Waals surface area (Å²) in [5.74, 6) is 0. The van der Waals surface area contributed by atoms with Gasteiger partial charge < -0.3 is 20.3 Å². The smallest absolute Gasteiger partial charge is 0.427 e. The van der Waals surface area contributed by atoms with Gasteiger partial charge in [-0.05, 0) is 40.4 Å². The maximum atomic E-state index is 9.10. The molecular weight excluding hydrogens is 263 g/mol. The van der Waals surface area contributed by atoms with Gasteiger partial charge in [0.25, 0.3) is 0 Å². The van der Waals surface area contributed by atoms with Gasteiger partial charge in [0.1, 0.15) is 0 Å². The van der Waals surface area contributed by atoms with E-state index < -0.39 is 18.3 Å². The molecule has 0 bridgehead atoms. The monoisotopic (exact) mass is 284 g/mol. The number of hydrogen-bond acceptors (Lipinski definition) is 4. The van der Waals surface area contributed by atoms with Crippen molar-refractivity contribution in [1.82, 2.24) is 0 Å². The van der Waals surface area contributed by atoms with Crippen LogP contribution in [-0.2, 0) is 0 Å². The Kier molecular flexibility index (Phi) is 9.03. The third-order valence-corrected chi connectivity index (χ3v) is 2.65. The molecule has 0 aromatic rings. The van der Waals surface area contributed by atoms with Crippen molar-refractivity contribution < 1.29 is 20.3 Å². The maximum absolute atomic E-state index is 9.10. The summed E-state index contributed by atoms with van der Waals surface area (Å²) in [7, 11) is -1.13. The molecule has 0 atom stereocenters. The lowest BCUT2D eigenvalue weighted by Crippen LogP contribution is -2.44. The maximum Gasteiger partial charge on any atom is 0.451 e. The quantitative estimate of drug-likeness (QED) is 0.454. The predicted octanol–water partition coefficient (Wildman–Crippen LogP) is 0.772. The zero-order chi connectivity index (χ0) is 12.7. The Morgan fingerprint density at radius 3 is 1.40 bits per heavy atom. The van der Waals surface area contributed by atoms with Gasteiger partial charge in [-0.3, -0.25) is 0 Å². The highest BCUT2D eigenvalue weighted by atomic mass is 79.9. The van der Waals surface area contributed by atoms with E-state index in [4.69, 9.17) is 20.3 Å². The fourth-order valence-electron chi connectivity index (χ4n) is 0.260. The third kappa shape index (κ3) is 12.3. The van der Waals surface area contributed by atoms with E-state index in [0.717, 1.165) is 11.8 Å². The number of halogens is 1. The van der Waals surface area contributed by atoms with Gasteiger partial charge in [0, 0.05) is 5.33 Å². The molecule has 15 heavy (non-hydrogen) atoms. The summed E-state index contributed by atoms with van der Waals surface area (Å²) >= 11 is 3.16. The Bertz CT molecular complexity index is 139. The summed E-state index contributed by atoms with van der Waals surface area (Å²) in [5, 5.41) is 35.5. The number of rotatable bonds is 4. The Morgan fingerprint density at radius 1 is 1.00 bits per heavy atom. The van der Waals surface area contributed by atoms with Crippen LogP contribution in [0.3, 0.4) is 0 Å². The molecular formula is C9H22BBrO4. The zero-order valence-electron chi connectivity index (χ0n) is 9.87. The van der Waals surface area contributed by atoms with Crippen molar-refractivity contribution in [3.8, 4) is 0 Å². The lowest BCUT2D eigenvalue weighted by atomic mass is 9.85. The topological polar surface area (TPSA) is 80.9 Å². The largest absolute Gasteiger partial charge is 0.451 e. The normalized spacial score (nSPS) is 11.8. The molecule has 4 N–H and O–H groups in total. The molecule has 0 radical (unpaired) electrons. The van der Waals surface area contributed by atoms with E-state index in [1.54, 1.807) is 27.7 Å². The minimum Gasteiger partial charge on any atom is -0.427 e. The number of hydrogen-bond donors (Lipinski definition) is 4. The third-order valence-electron chi connectivity index (χ3n) is 2.09. The number of aliphatic hydroxyl groups is 2. The van der Waals surface area contributed by atoms with E-state index in [0.29, 0.717) is 6.32 Å². The van der Waals surface area contributed by atoms with E-state index >= 15 is 0 Å². The molecule has 0 spiro atoms. The first-order valence-corrected chi connectivity index (χ1v) is 6.01. The lowest BCUT2D eigenvalue weighted by Gasteiger charge is -2.31. The summed E-state index contributed by atoms with van der Waals surface area (Å²) < 4.78 is 0. The summed E-state index contributed by atoms with van der Waals surface area (Å²) in [6.45, 7) is 6.31. The fraction of sp³-hybridized carbons (Fsp3) is 1.00. The van der Waals surface area contributed by atoms with Crippen molar-refractivity contribution in [3.63, 3.8) is 0 Å². The molecule has 0 fully saturated rings. The Balaban J connectivity index is 0. The van der Waals surface area contributed by atoms with Crippen LogP contribution in [0.1, 0.15) is 34.1 Å². The van der Waals surface area contributed by atoms with Gasteiger partial charge in [-0.1, -0.05) is 15.9 Å². The van der Waals surface area contributed by atoms with Crippen molar-refractivity contribution in [2.24, 2.45) is 0 Å². The van der Waals surface area contributed by atoms with Crippen molar-refractivity contribution in [2.45, 2.75) is 51.6 Å². The van der Waals surface area contributed by atoms with Gasteiger partial charge in [-0.25, -0.2) is 0 Å². The van der Waals surface area contributed by atoms with Gasteiger partial charge in [0.2, 0.25) is 0 Å². The summed E-state index contributed by atoms with van der Waals surface area (Å²) in [5.41, 5.74) is -2.01. The molecule has 0 amide bonds.